The Morgan fingerprint density at radius 2 is 1.86 bits per heavy atom. The van der Waals surface area contributed by atoms with Crippen LogP contribution in [0.1, 0.15) is 21.6 Å². The molecule has 0 aliphatic rings. The molecule has 0 spiro atoms. The average molecular weight is 385 g/mol. The van der Waals surface area contributed by atoms with E-state index in [2.05, 4.69) is 9.97 Å². The van der Waals surface area contributed by atoms with Crippen LogP contribution in [0, 0.1) is 0 Å². The van der Waals surface area contributed by atoms with Crippen LogP contribution in [0.3, 0.4) is 0 Å². The van der Waals surface area contributed by atoms with E-state index in [1.807, 2.05) is 72.3 Å². The summed E-state index contributed by atoms with van der Waals surface area (Å²) in [5, 5.41) is 9.32. The maximum absolute atomic E-state index is 11.4. The van der Waals surface area contributed by atoms with E-state index in [0.717, 1.165) is 22.3 Å². The summed E-state index contributed by atoms with van der Waals surface area (Å²) in [7, 11) is 1.93. The molecule has 0 bridgehead atoms. The number of hydrogen-bond donors (Lipinski definition) is 1. The number of fused-ring (bicyclic) bond motifs is 1. The lowest BCUT2D eigenvalue weighted by Crippen LogP contribution is -2.01. The van der Waals surface area contributed by atoms with Crippen LogP contribution in [0.2, 0.25) is 0 Å². The third-order valence-electron chi connectivity index (χ3n) is 4.66. The second-order valence-electron chi connectivity index (χ2n) is 6.52. The molecule has 0 atom stereocenters. The standard InChI is InChI=1S/C23H19N3O3/c1-26-17(10-7-9-16-8-5-6-13-19(16)23(27)28)14-20-21(26)22(25-15-24-20)29-18-11-3-2-4-12-18/h2-8,10-15H,9H2,1H3,(H,27,28). The van der Waals surface area contributed by atoms with Gasteiger partial charge in [-0.2, -0.15) is 4.98 Å². The van der Waals surface area contributed by atoms with Gasteiger partial charge in [0.2, 0.25) is 5.88 Å². The number of hydrogen-bond acceptors (Lipinski definition) is 4. The predicted octanol–water partition coefficient (Wildman–Crippen LogP) is 4.71. The quantitative estimate of drug-likeness (QED) is 0.520. The summed E-state index contributed by atoms with van der Waals surface area (Å²) in [5.74, 6) is 0.271. The van der Waals surface area contributed by atoms with E-state index < -0.39 is 5.97 Å². The molecule has 4 rings (SSSR count). The van der Waals surface area contributed by atoms with Gasteiger partial charge < -0.3 is 14.4 Å². The van der Waals surface area contributed by atoms with Gasteiger partial charge in [0.1, 0.15) is 17.6 Å². The molecule has 0 fully saturated rings. The number of carboxylic acids is 1. The lowest BCUT2D eigenvalue weighted by molar-refractivity contribution is 0.0696. The minimum absolute atomic E-state index is 0.318. The van der Waals surface area contributed by atoms with Crippen molar-refractivity contribution in [2.24, 2.45) is 7.05 Å². The third-order valence-corrected chi connectivity index (χ3v) is 4.66. The number of aromatic carboxylic acids is 1. The first-order valence-corrected chi connectivity index (χ1v) is 9.14. The largest absolute Gasteiger partial charge is 0.478 e. The van der Waals surface area contributed by atoms with Crippen molar-refractivity contribution in [2.75, 3.05) is 0 Å². The molecular weight excluding hydrogens is 366 g/mol. The molecule has 2 aromatic carbocycles. The van der Waals surface area contributed by atoms with Gasteiger partial charge in [-0.15, -0.1) is 0 Å². The summed E-state index contributed by atoms with van der Waals surface area (Å²) < 4.78 is 7.91. The summed E-state index contributed by atoms with van der Waals surface area (Å²) in [5.41, 5.74) is 3.58. The van der Waals surface area contributed by atoms with Gasteiger partial charge in [0, 0.05) is 12.7 Å². The number of carbonyl (C=O) groups is 1. The van der Waals surface area contributed by atoms with Crippen LogP contribution in [0.25, 0.3) is 17.1 Å². The van der Waals surface area contributed by atoms with Gasteiger partial charge in [-0.05, 0) is 42.3 Å². The number of aromatic nitrogens is 3. The first kappa shape index (κ1) is 18.4. The highest BCUT2D eigenvalue weighted by Gasteiger charge is 2.13. The van der Waals surface area contributed by atoms with Crippen LogP contribution in [-0.2, 0) is 13.5 Å². The van der Waals surface area contributed by atoms with Crippen LogP contribution in [0.4, 0.5) is 0 Å². The van der Waals surface area contributed by atoms with Crippen molar-refractivity contribution in [3.05, 3.63) is 89.9 Å². The smallest absolute Gasteiger partial charge is 0.335 e. The molecule has 6 heteroatoms. The Bertz CT molecular complexity index is 1200. The SMILES string of the molecule is Cn1c(C=CCc2ccccc2C(=O)O)cc2ncnc(Oc3ccccc3)c21. The van der Waals surface area contributed by atoms with Gasteiger partial charge in [-0.25, -0.2) is 9.78 Å². The van der Waals surface area contributed by atoms with Gasteiger partial charge >= 0.3 is 5.97 Å². The van der Waals surface area contributed by atoms with Gasteiger partial charge in [0.15, 0.2) is 0 Å². The molecule has 1 N–H and O–H groups in total. The van der Waals surface area contributed by atoms with E-state index in [4.69, 9.17) is 4.74 Å². The van der Waals surface area contributed by atoms with E-state index in [-0.39, 0.29) is 0 Å². The Kier molecular flexibility index (Phi) is 5.07. The van der Waals surface area contributed by atoms with Crippen LogP contribution < -0.4 is 4.74 Å². The Morgan fingerprint density at radius 3 is 2.66 bits per heavy atom. The number of aryl methyl sites for hydroxylation is 1. The van der Waals surface area contributed by atoms with Crippen LogP contribution in [0.5, 0.6) is 11.6 Å². The van der Waals surface area contributed by atoms with Gasteiger partial charge in [0.05, 0.1) is 11.1 Å². The molecule has 0 aliphatic carbocycles. The summed E-state index contributed by atoms with van der Waals surface area (Å²) in [4.78, 5) is 20.0. The topological polar surface area (TPSA) is 77.2 Å². The van der Waals surface area contributed by atoms with Crippen molar-refractivity contribution in [3.8, 4) is 11.6 Å². The van der Waals surface area contributed by atoms with E-state index in [0.29, 0.717) is 23.6 Å². The first-order chi connectivity index (χ1) is 14.1. The van der Waals surface area contributed by atoms with Crippen molar-refractivity contribution in [1.29, 1.82) is 0 Å². The number of allylic oxidation sites excluding steroid dienone is 1. The number of carboxylic acid groups (broad SMARTS) is 1. The van der Waals surface area contributed by atoms with Crippen molar-refractivity contribution in [3.63, 3.8) is 0 Å². The molecule has 0 saturated carbocycles. The zero-order chi connectivity index (χ0) is 20.2. The molecule has 29 heavy (non-hydrogen) atoms. The minimum Gasteiger partial charge on any atom is -0.478 e. The fourth-order valence-electron chi connectivity index (χ4n) is 3.21. The number of benzene rings is 2. The number of ether oxygens (including phenoxy) is 1. The second-order valence-corrected chi connectivity index (χ2v) is 6.52. The van der Waals surface area contributed by atoms with E-state index in [1.54, 1.807) is 12.1 Å². The molecule has 0 aliphatic heterocycles. The molecule has 0 radical (unpaired) electrons. The fraction of sp³-hybridized carbons (Fsp3) is 0.0870. The lowest BCUT2D eigenvalue weighted by Gasteiger charge is -2.07. The molecule has 0 saturated heterocycles. The lowest BCUT2D eigenvalue weighted by atomic mass is 10.0. The zero-order valence-corrected chi connectivity index (χ0v) is 15.8. The summed E-state index contributed by atoms with van der Waals surface area (Å²) >= 11 is 0. The highest BCUT2D eigenvalue weighted by atomic mass is 16.5. The Hall–Kier alpha value is -3.93. The van der Waals surface area contributed by atoms with E-state index >= 15 is 0 Å². The third kappa shape index (κ3) is 3.87. The predicted molar refractivity (Wildman–Crippen MR) is 111 cm³/mol. The monoisotopic (exact) mass is 385 g/mol. The first-order valence-electron chi connectivity index (χ1n) is 9.14. The van der Waals surface area contributed by atoms with Crippen LogP contribution in [0.15, 0.2) is 73.1 Å². The molecule has 6 nitrogen and oxygen atoms in total. The van der Waals surface area contributed by atoms with Crippen molar-refractivity contribution < 1.29 is 14.6 Å². The summed E-state index contributed by atoms with van der Waals surface area (Å²) in [6.07, 6.45) is 5.90. The maximum atomic E-state index is 11.4. The van der Waals surface area contributed by atoms with Gasteiger partial charge in [-0.3, -0.25) is 0 Å². The number of para-hydroxylation sites is 1. The highest BCUT2D eigenvalue weighted by molar-refractivity contribution is 5.89. The van der Waals surface area contributed by atoms with Crippen molar-refractivity contribution >= 4 is 23.1 Å². The van der Waals surface area contributed by atoms with Crippen LogP contribution >= 0.6 is 0 Å². The maximum Gasteiger partial charge on any atom is 0.335 e. The summed E-state index contributed by atoms with van der Waals surface area (Å²) in [6, 6.07) is 18.4. The van der Waals surface area contributed by atoms with Crippen molar-refractivity contribution in [1.82, 2.24) is 14.5 Å². The van der Waals surface area contributed by atoms with Crippen LogP contribution in [-0.4, -0.2) is 25.6 Å². The average Bonchev–Trinajstić information content (AvgIpc) is 3.06. The highest BCUT2D eigenvalue weighted by Crippen LogP contribution is 2.28. The van der Waals surface area contributed by atoms with E-state index in [1.165, 1.54) is 6.33 Å². The molecule has 2 heterocycles. The second kappa shape index (κ2) is 7.98. The van der Waals surface area contributed by atoms with Crippen molar-refractivity contribution in [2.45, 2.75) is 6.42 Å². The summed E-state index contributed by atoms with van der Waals surface area (Å²) in [6.45, 7) is 0. The molecule has 0 amide bonds. The van der Waals surface area contributed by atoms with E-state index in [9.17, 15) is 9.90 Å². The molecule has 0 unspecified atom stereocenters. The zero-order valence-electron chi connectivity index (χ0n) is 15.8. The van der Waals surface area contributed by atoms with Gasteiger partial charge in [0.25, 0.3) is 0 Å². The number of rotatable bonds is 6. The molecular formula is C23H19N3O3. The Morgan fingerprint density at radius 1 is 1.10 bits per heavy atom. The molecule has 144 valence electrons. The molecule has 2 aromatic heterocycles. The number of nitrogens with zero attached hydrogens (tertiary/aromatic N) is 3. The fourth-order valence-corrected chi connectivity index (χ4v) is 3.21. The van der Waals surface area contributed by atoms with Gasteiger partial charge in [-0.1, -0.05) is 42.5 Å². The normalized spacial score (nSPS) is 11.2. The Balaban J connectivity index is 1.62. The Labute approximate surface area is 167 Å². The minimum atomic E-state index is -0.920. The molecule has 4 aromatic rings.